The van der Waals surface area contributed by atoms with E-state index in [0.29, 0.717) is 16.4 Å². The van der Waals surface area contributed by atoms with Crippen molar-refractivity contribution in [1.29, 1.82) is 0 Å². The second-order valence-corrected chi connectivity index (χ2v) is 7.95. The van der Waals surface area contributed by atoms with E-state index < -0.39 is 5.41 Å². The van der Waals surface area contributed by atoms with Crippen molar-refractivity contribution in [2.24, 2.45) is 10.4 Å². The number of aromatic nitrogens is 1. The van der Waals surface area contributed by atoms with E-state index >= 15 is 0 Å². The molecule has 2 rings (SSSR count). The molecule has 1 N–H and O–H groups in total. The number of hydrogen-bond donors (Lipinski definition) is 1. The van der Waals surface area contributed by atoms with Gasteiger partial charge in [0.15, 0.2) is 4.80 Å². The van der Waals surface area contributed by atoms with Crippen molar-refractivity contribution in [3.8, 4) is 0 Å². The summed E-state index contributed by atoms with van der Waals surface area (Å²) in [4.78, 5) is 28.6. The predicted octanol–water partition coefficient (Wildman–Crippen LogP) is 3.23. The number of carbonyl (C=O) groups is 2. The second-order valence-electron chi connectivity index (χ2n) is 6.67. The molecule has 0 saturated carbocycles. The first-order valence-electron chi connectivity index (χ1n) is 8.00. The maximum Gasteiger partial charge on any atom is 0.250 e. The first-order valence-corrected chi connectivity index (χ1v) is 9.26. The Bertz CT molecular complexity index is 818. The van der Waals surface area contributed by atoms with Crippen molar-refractivity contribution in [3.63, 3.8) is 0 Å². The molecule has 0 fully saturated rings. The van der Waals surface area contributed by atoms with Crippen molar-refractivity contribution in [1.82, 2.24) is 9.88 Å². The van der Waals surface area contributed by atoms with Crippen LogP contribution in [-0.2, 0) is 16.1 Å². The average Bonchev–Trinajstić information content (AvgIpc) is 2.95. The Balaban J connectivity index is 2.00. The van der Waals surface area contributed by atoms with Gasteiger partial charge in [0.25, 0.3) is 0 Å². The molecule has 0 aliphatic carbocycles. The molecule has 0 aliphatic heterocycles. The summed E-state index contributed by atoms with van der Waals surface area (Å²) < 4.78 is 1.89. The molecule has 2 amide bonds. The van der Waals surface area contributed by atoms with E-state index in [4.69, 9.17) is 11.6 Å². The van der Waals surface area contributed by atoms with Crippen LogP contribution in [0.5, 0.6) is 0 Å². The lowest BCUT2D eigenvalue weighted by atomic mass is 9.96. The second kappa shape index (κ2) is 8.45. The largest absolute Gasteiger partial charge is 0.355 e. The monoisotopic (exact) mass is 379 g/mol. The highest BCUT2D eigenvalue weighted by Crippen LogP contribution is 2.15. The number of nitrogens with zero attached hydrogens (tertiary/aromatic N) is 2. The van der Waals surface area contributed by atoms with Gasteiger partial charge in [0.1, 0.15) is 0 Å². The van der Waals surface area contributed by atoms with E-state index in [2.05, 4.69) is 10.3 Å². The quantitative estimate of drug-likeness (QED) is 0.866. The zero-order chi connectivity index (χ0) is 18.4. The molecular weight excluding hydrogens is 358 g/mol. The highest BCUT2D eigenvalue weighted by Gasteiger charge is 2.20. The van der Waals surface area contributed by atoms with Gasteiger partial charge in [0.05, 0.1) is 6.54 Å². The number of amides is 2. The van der Waals surface area contributed by atoms with Crippen LogP contribution in [0.1, 0.15) is 32.8 Å². The van der Waals surface area contributed by atoms with Gasteiger partial charge in [-0.3, -0.25) is 9.59 Å². The van der Waals surface area contributed by atoms with Crippen LogP contribution < -0.4 is 10.1 Å². The molecule has 0 bridgehead atoms. The molecule has 0 spiro atoms. The topological polar surface area (TPSA) is 63.5 Å². The molecule has 0 aliphatic rings. The van der Waals surface area contributed by atoms with Gasteiger partial charge < -0.3 is 9.88 Å². The Kier molecular flexibility index (Phi) is 6.56. The number of rotatable bonds is 5. The van der Waals surface area contributed by atoms with Gasteiger partial charge >= 0.3 is 0 Å². The third kappa shape index (κ3) is 5.83. The minimum absolute atomic E-state index is 0.0785. The average molecular weight is 380 g/mol. The number of nitrogens with one attached hydrogen (secondary N) is 1. The smallest absolute Gasteiger partial charge is 0.250 e. The highest BCUT2D eigenvalue weighted by atomic mass is 35.5. The summed E-state index contributed by atoms with van der Waals surface area (Å²) in [7, 11) is 0. The van der Waals surface area contributed by atoms with Crippen molar-refractivity contribution in [2.75, 3.05) is 6.54 Å². The molecule has 1 aromatic carbocycles. The molecule has 7 heteroatoms. The fourth-order valence-corrected chi connectivity index (χ4v) is 2.97. The zero-order valence-corrected chi connectivity index (χ0v) is 16.2. The minimum atomic E-state index is -0.466. The van der Waals surface area contributed by atoms with Crippen molar-refractivity contribution in [3.05, 3.63) is 51.2 Å². The first kappa shape index (κ1) is 19.4. The number of carbonyl (C=O) groups excluding carboxylic acids is 2. The van der Waals surface area contributed by atoms with Crippen LogP contribution in [0.15, 0.2) is 40.8 Å². The van der Waals surface area contributed by atoms with Crippen LogP contribution >= 0.6 is 22.9 Å². The summed E-state index contributed by atoms with van der Waals surface area (Å²) in [6.45, 7) is 6.33. The normalized spacial score (nSPS) is 12.2. The Hall–Kier alpha value is -1.92. The number of halogens is 1. The molecular formula is C18H22ClN3O2S. The van der Waals surface area contributed by atoms with E-state index in [9.17, 15) is 9.59 Å². The lowest BCUT2D eigenvalue weighted by Gasteiger charge is -2.16. The molecule has 1 aromatic heterocycles. The molecule has 0 radical (unpaired) electrons. The molecule has 25 heavy (non-hydrogen) atoms. The summed E-state index contributed by atoms with van der Waals surface area (Å²) in [6.07, 6.45) is 2.05. The van der Waals surface area contributed by atoms with Gasteiger partial charge in [-0.2, -0.15) is 4.99 Å². The van der Waals surface area contributed by atoms with E-state index in [1.54, 1.807) is 0 Å². The molecule has 134 valence electrons. The van der Waals surface area contributed by atoms with E-state index in [-0.39, 0.29) is 24.8 Å². The number of hydrogen-bond acceptors (Lipinski definition) is 3. The van der Waals surface area contributed by atoms with Gasteiger partial charge in [-0.1, -0.05) is 50.6 Å². The predicted molar refractivity (Wildman–Crippen MR) is 101 cm³/mol. The number of benzene rings is 1. The zero-order valence-electron chi connectivity index (χ0n) is 14.6. The third-order valence-corrected chi connectivity index (χ3v) is 4.65. The lowest BCUT2D eigenvalue weighted by molar-refractivity contribution is -0.128. The summed E-state index contributed by atoms with van der Waals surface area (Å²) in [5.74, 6) is -0.338. The Morgan fingerprint density at radius 1 is 1.28 bits per heavy atom. The van der Waals surface area contributed by atoms with Crippen LogP contribution in [0.3, 0.4) is 0 Å². The van der Waals surface area contributed by atoms with Gasteiger partial charge in [-0.15, -0.1) is 11.3 Å². The van der Waals surface area contributed by atoms with Crippen LogP contribution in [-0.4, -0.2) is 22.9 Å². The van der Waals surface area contributed by atoms with Crippen molar-refractivity contribution < 1.29 is 9.59 Å². The van der Waals surface area contributed by atoms with E-state index in [0.717, 1.165) is 5.56 Å². The maximum absolute atomic E-state index is 12.1. The first-order chi connectivity index (χ1) is 11.8. The van der Waals surface area contributed by atoms with Crippen LogP contribution in [0.2, 0.25) is 5.02 Å². The van der Waals surface area contributed by atoms with Gasteiger partial charge in [-0.25, -0.2) is 0 Å². The molecule has 0 saturated heterocycles. The van der Waals surface area contributed by atoms with E-state index in [1.165, 1.54) is 11.3 Å². The molecule has 2 aromatic rings. The van der Waals surface area contributed by atoms with E-state index in [1.807, 2.05) is 61.2 Å². The standard InChI is InChI=1S/C18H22ClN3O2S/c1-18(2,3)16(24)20-9-8-15(23)21-17-22(10-11-25-17)12-13-6-4-5-7-14(13)19/h4-7,10-11H,8-9,12H2,1-3H3,(H,20,24). The fraction of sp³-hybridized carbons (Fsp3) is 0.389. The summed E-state index contributed by atoms with van der Waals surface area (Å²) in [5.41, 5.74) is 0.500. The summed E-state index contributed by atoms with van der Waals surface area (Å²) >= 11 is 7.58. The van der Waals surface area contributed by atoms with Crippen molar-refractivity contribution >= 4 is 34.8 Å². The molecule has 1 heterocycles. The SMILES string of the molecule is CC(C)(C)C(=O)NCCC(=O)N=c1sccn1Cc1ccccc1Cl. The lowest BCUT2D eigenvalue weighted by Crippen LogP contribution is -2.36. The Morgan fingerprint density at radius 2 is 2.00 bits per heavy atom. The van der Waals surface area contributed by atoms with Gasteiger partial charge in [0, 0.05) is 35.0 Å². The molecule has 0 atom stereocenters. The Morgan fingerprint density at radius 3 is 2.68 bits per heavy atom. The summed E-state index contributed by atoms with van der Waals surface area (Å²) in [6, 6.07) is 7.59. The number of thiazole rings is 1. The fourth-order valence-electron chi connectivity index (χ4n) is 2.03. The molecule has 5 nitrogen and oxygen atoms in total. The van der Waals surface area contributed by atoms with Crippen LogP contribution in [0.4, 0.5) is 0 Å². The van der Waals surface area contributed by atoms with Gasteiger partial charge in [-0.05, 0) is 11.6 Å². The van der Waals surface area contributed by atoms with Gasteiger partial charge in [0.2, 0.25) is 11.8 Å². The Labute approximate surface area is 156 Å². The highest BCUT2D eigenvalue weighted by molar-refractivity contribution is 7.07. The minimum Gasteiger partial charge on any atom is -0.355 e. The van der Waals surface area contributed by atoms with Crippen molar-refractivity contribution in [2.45, 2.75) is 33.7 Å². The van der Waals surface area contributed by atoms with Crippen LogP contribution in [0.25, 0.3) is 0 Å². The third-order valence-electron chi connectivity index (χ3n) is 3.48. The van der Waals surface area contributed by atoms with Crippen LogP contribution in [0, 0.1) is 5.41 Å². The summed E-state index contributed by atoms with van der Waals surface area (Å²) in [5, 5.41) is 5.32. The molecule has 0 unspecified atom stereocenters. The maximum atomic E-state index is 12.1.